The number of nitrogens with one attached hydrogen (secondary N) is 2. The first-order chi connectivity index (χ1) is 8.63. The Labute approximate surface area is 101 Å². The number of carboxylic acid groups (broad SMARTS) is 1. The summed E-state index contributed by atoms with van der Waals surface area (Å²) >= 11 is 0. The Morgan fingerprint density at radius 1 is 1.44 bits per heavy atom. The number of carbonyl (C=O) groups is 2. The van der Waals surface area contributed by atoms with Crippen molar-refractivity contribution >= 4 is 22.8 Å². The van der Waals surface area contributed by atoms with Gasteiger partial charge in [-0.15, -0.1) is 0 Å². The highest BCUT2D eigenvalue weighted by molar-refractivity contribution is 6.06. The SMILES string of the molecule is O=C(O)c1ccc2[nH]nc(C(=O)NCCF)c2c1. The van der Waals surface area contributed by atoms with Crippen molar-refractivity contribution < 1.29 is 19.1 Å². The third-order valence-electron chi connectivity index (χ3n) is 2.40. The number of carbonyl (C=O) groups excluding carboxylic acids is 1. The first kappa shape index (κ1) is 12.0. The highest BCUT2D eigenvalue weighted by Gasteiger charge is 2.15. The number of fused-ring (bicyclic) bond motifs is 1. The molecule has 94 valence electrons. The summed E-state index contributed by atoms with van der Waals surface area (Å²) in [5.74, 6) is -1.63. The van der Waals surface area contributed by atoms with Crippen LogP contribution in [0.15, 0.2) is 18.2 Å². The Morgan fingerprint density at radius 3 is 2.89 bits per heavy atom. The van der Waals surface area contributed by atoms with Gasteiger partial charge in [0.15, 0.2) is 5.69 Å². The summed E-state index contributed by atoms with van der Waals surface area (Å²) < 4.78 is 12.0. The molecule has 0 unspecified atom stereocenters. The maximum Gasteiger partial charge on any atom is 0.335 e. The van der Waals surface area contributed by atoms with Gasteiger partial charge in [-0.2, -0.15) is 5.10 Å². The van der Waals surface area contributed by atoms with Gasteiger partial charge >= 0.3 is 5.97 Å². The predicted molar refractivity (Wildman–Crippen MR) is 61.4 cm³/mol. The third-order valence-corrected chi connectivity index (χ3v) is 2.40. The molecular formula is C11H10FN3O3. The van der Waals surface area contributed by atoms with Gasteiger partial charge in [-0.3, -0.25) is 9.89 Å². The van der Waals surface area contributed by atoms with Crippen LogP contribution in [-0.4, -0.2) is 40.4 Å². The van der Waals surface area contributed by atoms with Gasteiger partial charge in [-0.1, -0.05) is 0 Å². The number of nitrogens with zero attached hydrogens (tertiary/aromatic N) is 1. The number of alkyl halides is 1. The highest BCUT2D eigenvalue weighted by Crippen LogP contribution is 2.17. The number of hydrogen-bond acceptors (Lipinski definition) is 3. The van der Waals surface area contributed by atoms with Crippen LogP contribution in [-0.2, 0) is 0 Å². The lowest BCUT2D eigenvalue weighted by molar-refractivity contribution is 0.0696. The van der Waals surface area contributed by atoms with Gasteiger partial charge in [0.05, 0.1) is 11.1 Å². The zero-order valence-corrected chi connectivity index (χ0v) is 9.24. The van der Waals surface area contributed by atoms with Crippen molar-refractivity contribution in [3.05, 3.63) is 29.5 Å². The lowest BCUT2D eigenvalue weighted by atomic mass is 10.1. The zero-order valence-electron chi connectivity index (χ0n) is 9.24. The summed E-state index contributed by atoms with van der Waals surface area (Å²) in [6, 6.07) is 4.29. The lowest BCUT2D eigenvalue weighted by Gasteiger charge is -2.00. The van der Waals surface area contributed by atoms with E-state index in [1.165, 1.54) is 18.2 Å². The average Bonchev–Trinajstić information content (AvgIpc) is 2.78. The molecule has 0 atom stereocenters. The van der Waals surface area contributed by atoms with Crippen molar-refractivity contribution in [3.8, 4) is 0 Å². The van der Waals surface area contributed by atoms with E-state index in [0.29, 0.717) is 10.9 Å². The van der Waals surface area contributed by atoms with E-state index in [-0.39, 0.29) is 17.8 Å². The molecule has 1 amide bonds. The van der Waals surface area contributed by atoms with Crippen LogP contribution in [0.1, 0.15) is 20.8 Å². The second-order valence-electron chi connectivity index (χ2n) is 3.58. The molecule has 2 rings (SSSR count). The largest absolute Gasteiger partial charge is 0.478 e. The van der Waals surface area contributed by atoms with Gasteiger partial charge in [0.2, 0.25) is 0 Å². The molecule has 0 bridgehead atoms. The number of aromatic carboxylic acids is 1. The molecule has 1 heterocycles. The van der Waals surface area contributed by atoms with E-state index in [0.717, 1.165) is 0 Å². The monoisotopic (exact) mass is 251 g/mol. The van der Waals surface area contributed by atoms with Crippen LogP contribution in [0, 0.1) is 0 Å². The first-order valence-electron chi connectivity index (χ1n) is 5.19. The van der Waals surface area contributed by atoms with Gasteiger partial charge in [0.25, 0.3) is 5.91 Å². The van der Waals surface area contributed by atoms with Crippen LogP contribution in [0.2, 0.25) is 0 Å². The number of benzene rings is 1. The Bertz CT molecular complexity index is 609. The number of rotatable bonds is 4. The minimum Gasteiger partial charge on any atom is -0.478 e. The molecule has 2 aromatic rings. The number of carboxylic acids is 1. The maximum absolute atomic E-state index is 12.0. The highest BCUT2D eigenvalue weighted by atomic mass is 19.1. The minimum atomic E-state index is -1.09. The van der Waals surface area contributed by atoms with Gasteiger partial charge < -0.3 is 10.4 Å². The Balaban J connectivity index is 2.42. The number of hydrogen-bond donors (Lipinski definition) is 3. The van der Waals surface area contributed by atoms with E-state index in [4.69, 9.17) is 5.11 Å². The van der Waals surface area contributed by atoms with Crippen molar-refractivity contribution in [1.82, 2.24) is 15.5 Å². The van der Waals surface area contributed by atoms with E-state index < -0.39 is 18.6 Å². The molecule has 0 spiro atoms. The molecule has 6 nitrogen and oxygen atoms in total. The topological polar surface area (TPSA) is 95.1 Å². The predicted octanol–water partition coefficient (Wildman–Crippen LogP) is 0.960. The molecule has 0 radical (unpaired) electrons. The number of H-pyrrole nitrogens is 1. The van der Waals surface area contributed by atoms with Crippen LogP contribution in [0.4, 0.5) is 4.39 Å². The molecule has 3 N–H and O–H groups in total. The van der Waals surface area contributed by atoms with Crippen molar-refractivity contribution in [2.75, 3.05) is 13.2 Å². The molecule has 1 aromatic carbocycles. The summed E-state index contributed by atoms with van der Waals surface area (Å²) in [6.07, 6.45) is 0. The Hall–Kier alpha value is -2.44. The standard InChI is InChI=1S/C11H10FN3O3/c12-3-4-13-10(16)9-7-5-6(11(17)18)1-2-8(7)14-15-9/h1-2,5H,3-4H2,(H,13,16)(H,14,15)(H,17,18). The van der Waals surface area contributed by atoms with Gasteiger partial charge in [0, 0.05) is 11.9 Å². The van der Waals surface area contributed by atoms with E-state index >= 15 is 0 Å². The van der Waals surface area contributed by atoms with E-state index in [2.05, 4.69) is 15.5 Å². The zero-order chi connectivity index (χ0) is 13.1. The molecule has 0 aliphatic rings. The van der Waals surface area contributed by atoms with Crippen LogP contribution >= 0.6 is 0 Å². The van der Waals surface area contributed by atoms with Gasteiger partial charge in [-0.05, 0) is 18.2 Å². The van der Waals surface area contributed by atoms with E-state index in [9.17, 15) is 14.0 Å². The summed E-state index contributed by atoms with van der Waals surface area (Å²) in [7, 11) is 0. The quantitative estimate of drug-likeness (QED) is 0.754. The molecule has 1 aromatic heterocycles. The van der Waals surface area contributed by atoms with Crippen LogP contribution in [0.3, 0.4) is 0 Å². The first-order valence-corrected chi connectivity index (χ1v) is 5.19. The molecule has 0 aliphatic heterocycles. The van der Waals surface area contributed by atoms with E-state index in [1.54, 1.807) is 0 Å². The second kappa shape index (κ2) is 4.82. The average molecular weight is 251 g/mol. The van der Waals surface area contributed by atoms with Crippen LogP contribution < -0.4 is 5.32 Å². The van der Waals surface area contributed by atoms with Crippen LogP contribution in [0.5, 0.6) is 0 Å². The minimum absolute atomic E-state index is 0.0570. The fourth-order valence-electron chi connectivity index (χ4n) is 1.56. The Morgan fingerprint density at radius 2 is 2.22 bits per heavy atom. The fraction of sp³-hybridized carbons (Fsp3) is 0.182. The molecule has 0 fully saturated rings. The normalized spacial score (nSPS) is 10.5. The number of halogens is 1. The molecule has 0 aliphatic carbocycles. The summed E-state index contributed by atoms with van der Waals surface area (Å²) in [4.78, 5) is 22.5. The fourth-order valence-corrected chi connectivity index (χ4v) is 1.56. The Kier molecular flexibility index (Phi) is 3.22. The van der Waals surface area contributed by atoms with Crippen molar-refractivity contribution in [1.29, 1.82) is 0 Å². The van der Waals surface area contributed by atoms with Gasteiger partial charge in [-0.25, -0.2) is 9.18 Å². The van der Waals surface area contributed by atoms with Crippen molar-refractivity contribution in [3.63, 3.8) is 0 Å². The van der Waals surface area contributed by atoms with Crippen molar-refractivity contribution in [2.45, 2.75) is 0 Å². The van der Waals surface area contributed by atoms with Crippen LogP contribution in [0.25, 0.3) is 10.9 Å². The lowest BCUT2D eigenvalue weighted by Crippen LogP contribution is -2.25. The molecule has 0 saturated heterocycles. The molecule has 7 heteroatoms. The smallest absolute Gasteiger partial charge is 0.335 e. The molecule has 0 saturated carbocycles. The number of aromatic nitrogens is 2. The summed E-state index contributed by atoms with van der Waals surface area (Å²) in [6.45, 7) is -0.778. The molecule has 18 heavy (non-hydrogen) atoms. The van der Waals surface area contributed by atoms with Crippen molar-refractivity contribution in [2.24, 2.45) is 0 Å². The number of aromatic amines is 1. The summed E-state index contributed by atoms with van der Waals surface area (Å²) in [5, 5.41) is 18.0. The van der Waals surface area contributed by atoms with Gasteiger partial charge in [0.1, 0.15) is 6.67 Å². The maximum atomic E-state index is 12.0. The molecular weight excluding hydrogens is 241 g/mol. The third kappa shape index (κ3) is 2.15. The number of amides is 1. The van der Waals surface area contributed by atoms with E-state index in [1.807, 2.05) is 0 Å². The second-order valence-corrected chi connectivity index (χ2v) is 3.58. The summed E-state index contributed by atoms with van der Waals surface area (Å²) in [5.41, 5.74) is 0.662.